The molecule has 22 heavy (non-hydrogen) atoms. The lowest BCUT2D eigenvalue weighted by Gasteiger charge is -2.11. The average Bonchev–Trinajstić information content (AvgIpc) is 3.10. The van der Waals surface area contributed by atoms with E-state index >= 15 is 0 Å². The molecule has 1 amide bonds. The van der Waals surface area contributed by atoms with Crippen molar-refractivity contribution in [3.8, 4) is 10.6 Å². The van der Waals surface area contributed by atoms with Gasteiger partial charge in [-0.25, -0.2) is 4.98 Å². The number of anilines is 1. The monoisotopic (exact) mass is 310 g/mol. The summed E-state index contributed by atoms with van der Waals surface area (Å²) in [6.07, 6.45) is 0.575. The molecule has 5 heteroatoms. The third-order valence-electron chi connectivity index (χ3n) is 3.20. The first-order valence-corrected chi connectivity index (χ1v) is 7.66. The van der Waals surface area contributed by atoms with Gasteiger partial charge in [0.1, 0.15) is 5.01 Å². The zero-order valence-corrected chi connectivity index (χ0v) is 12.5. The van der Waals surface area contributed by atoms with Crippen LogP contribution >= 0.6 is 11.3 Å². The van der Waals surface area contributed by atoms with E-state index in [-0.39, 0.29) is 0 Å². The Balaban J connectivity index is 1.69. The molecule has 4 nitrogen and oxygen atoms in total. The van der Waals surface area contributed by atoms with Crippen LogP contribution in [0.25, 0.3) is 10.6 Å². The highest BCUT2D eigenvalue weighted by Crippen LogP contribution is 2.23. The molecule has 0 spiro atoms. The predicted octanol–water partition coefficient (Wildman–Crippen LogP) is 3.48. The summed E-state index contributed by atoms with van der Waals surface area (Å²) < 4.78 is 0. The van der Waals surface area contributed by atoms with Crippen LogP contribution in [0.5, 0.6) is 0 Å². The van der Waals surface area contributed by atoms with Gasteiger partial charge in [0.2, 0.25) is 0 Å². The Bertz CT molecular complexity index is 740. The second kappa shape index (κ2) is 6.51. The molecule has 110 valence electrons. The molecule has 2 N–H and O–H groups in total. The van der Waals surface area contributed by atoms with Gasteiger partial charge in [0.25, 0.3) is 5.91 Å². The normalized spacial score (nSPS) is 11.9. The summed E-state index contributed by atoms with van der Waals surface area (Å²) in [6.45, 7) is 0. The van der Waals surface area contributed by atoms with Crippen LogP contribution in [0, 0.1) is 0 Å². The molecule has 3 rings (SSSR count). The number of hydrogen-bond donors (Lipinski definition) is 2. The molecule has 0 aliphatic rings. The number of aliphatic hydroxyl groups excluding tert-OH is 1. The van der Waals surface area contributed by atoms with Gasteiger partial charge in [-0.1, -0.05) is 30.3 Å². The largest absolute Gasteiger partial charge is 0.378 e. The first-order valence-electron chi connectivity index (χ1n) is 6.78. The van der Waals surface area contributed by atoms with Gasteiger partial charge < -0.3 is 10.4 Å². The van der Waals surface area contributed by atoms with E-state index in [4.69, 9.17) is 0 Å². The molecule has 0 aliphatic heterocycles. The summed E-state index contributed by atoms with van der Waals surface area (Å²) in [5.74, 6) is -0.451. The van der Waals surface area contributed by atoms with Crippen molar-refractivity contribution in [3.63, 3.8) is 0 Å². The highest BCUT2D eigenvalue weighted by Gasteiger charge is 2.16. The lowest BCUT2D eigenvalue weighted by Crippen LogP contribution is -2.20. The summed E-state index contributed by atoms with van der Waals surface area (Å²) in [5.41, 5.74) is 2.20. The minimum atomic E-state index is -1.18. The fourth-order valence-corrected chi connectivity index (χ4v) is 2.70. The third kappa shape index (κ3) is 3.21. The van der Waals surface area contributed by atoms with Crippen LogP contribution in [-0.4, -0.2) is 16.0 Å². The van der Waals surface area contributed by atoms with Crippen molar-refractivity contribution in [1.82, 2.24) is 4.98 Å². The van der Waals surface area contributed by atoms with Crippen molar-refractivity contribution < 1.29 is 9.90 Å². The number of nitrogens with zero attached hydrogens (tertiary/aromatic N) is 1. The molecular formula is C17H14N2O2S. The van der Waals surface area contributed by atoms with E-state index in [1.165, 1.54) is 0 Å². The zero-order chi connectivity index (χ0) is 15.4. The minimum Gasteiger partial charge on any atom is -0.378 e. The molecule has 1 heterocycles. The predicted molar refractivity (Wildman–Crippen MR) is 87.6 cm³/mol. The number of benzene rings is 2. The van der Waals surface area contributed by atoms with Crippen LogP contribution in [0.2, 0.25) is 0 Å². The van der Waals surface area contributed by atoms with E-state index in [1.54, 1.807) is 53.9 Å². The lowest BCUT2D eigenvalue weighted by atomic mass is 10.1. The van der Waals surface area contributed by atoms with Crippen LogP contribution in [0.3, 0.4) is 0 Å². The Hall–Kier alpha value is -2.50. The van der Waals surface area contributed by atoms with Gasteiger partial charge in [-0.05, 0) is 29.8 Å². The summed E-state index contributed by atoms with van der Waals surface area (Å²) in [5, 5.41) is 15.6. The zero-order valence-electron chi connectivity index (χ0n) is 11.6. The Morgan fingerprint density at radius 3 is 2.45 bits per heavy atom. The molecule has 0 saturated heterocycles. The Morgan fingerprint density at radius 1 is 1.09 bits per heavy atom. The molecule has 1 atom stereocenters. The summed E-state index contributed by atoms with van der Waals surface area (Å²) in [7, 11) is 0. The SMILES string of the molecule is O=C(Nc1ccc(-c2nccs2)cc1)C(O)c1ccccc1. The van der Waals surface area contributed by atoms with Gasteiger partial charge in [-0.15, -0.1) is 11.3 Å². The fourth-order valence-electron chi connectivity index (χ4n) is 2.06. The van der Waals surface area contributed by atoms with E-state index in [1.807, 2.05) is 23.6 Å². The molecule has 1 aromatic heterocycles. The van der Waals surface area contributed by atoms with Crippen LogP contribution < -0.4 is 5.32 Å². The van der Waals surface area contributed by atoms with Crippen molar-refractivity contribution in [3.05, 3.63) is 71.7 Å². The third-order valence-corrected chi connectivity index (χ3v) is 4.02. The van der Waals surface area contributed by atoms with Crippen molar-refractivity contribution in [2.24, 2.45) is 0 Å². The number of aromatic nitrogens is 1. The van der Waals surface area contributed by atoms with E-state index in [0.717, 1.165) is 10.6 Å². The van der Waals surface area contributed by atoms with Crippen LogP contribution in [0.15, 0.2) is 66.2 Å². The van der Waals surface area contributed by atoms with Crippen molar-refractivity contribution >= 4 is 22.9 Å². The molecule has 0 aliphatic carbocycles. The first-order chi connectivity index (χ1) is 10.7. The molecule has 3 aromatic rings. The van der Waals surface area contributed by atoms with E-state index < -0.39 is 12.0 Å². The number of amides is 1. The first kappa shape index (κ1) is 14.4. The van der Waals surface area contributed by atoms with Gasteiger partial charge in [0.15, 0.2) is 6.10 Å². The van der Waals surface area contributed by atoms with Crippen LogP contribution in [0.1, 0.15) is 11.7 Å². The minimum absolute atomic E-state index is 0.451. The summed E-state index contributed by atoms with van der Waals surface area (Å²) >= 11 is 1.56. The number of nitrogens with one attached hydrogen (secondary N) is 1. The van der Waals surface area contributed by atoms with Crippen LogP contribution in [0.4, 0.5) is 5.69 Å². The standard InChI is InChI=1S/C17H14N2O2S/c20-15(12-4-2-1-3-5-12)16(21)19-14-8-6-13(7-9-14)17-18-10-11-22-17/h1-11,15,20H,(H,19,21). The van der Waals surface area contributed by atoms with E-state index in [9.17, 15) is 9.90 Å². The Labute approximate surface area is 132 Å². The highest BCUT2D eigenvalue weighted by molar-refractivity contribution is 7.13. The average molecular weight is 310 g/mol. The maximum absolute atomic E-state index is 12.1. The van der Waals surface area contributed by atoms with Crippen LogP contribution in [-0.2, 0) is 4.79 Å². The quantitative estimate of drug-likeness (QED) is 0.775. The van der Waals surface area contributed by atoms with Gasteiger partial charge in [-0.2, -0.15) is 0 Å². The number of carbonyl (C=O) groups excluding carboxylic acids is 1. The van der Waals surface area contributed by atoms with Gasteiger partial charge >= 0.3 is 0 Å². The second-order valence-electron chi connectivity index (χ2n) is 4.72. The second-order valence-corrected chi connectivity index (χ2v) is 5.61. The maximum Gasteiger partial charge on any atom is 0.257 e. The summed E-state index contributed by atoms with van der Waals surface area (Å²) in [4.78, 5) is 16.3. The smallest absolute Gasteiger partial charge is 0.257 e. The number of carbonyl (C=O) groups is 1. The highest BCUT2D eigenvalue weighted by atomic mass is 32.1. The number of thiazole rings is 1. The number of hydrogen-bond acceptors (Lipinski definition) is 4. The summed E-state index contributed by atoms with van der Waals surface area (Å²) in [6, 6.07) is 16.2. The number of aliphatic hydroxyl groups is 1. The van der Waals surface area contributed by atoms with Gasteiger partial charge in [0.05, 0.1) is 0 Å². The Morgan fingerprint density at radius 2 is 1.82 bits per heavy atom. The molecule has 0 bridgehead atoms. The number of rotatable bonds is 4. The van der Waals surface area contributed by atoms with Crippen molar-refractivity contribution in [2.75, 3.05) is 5.32 Å². The fraction of sp³-hybridized carbons (Fsp3) is 0.0588. The molecular weight excluding hydrogens is 296 g/mol. The van der Waals surface area contributed by atoms with E-state index in [2.05, 4.69) is 10.3 Å². The maximum atomic E-state index is 12.1. The lowest BCUT2D eigenvalue weighted by molar-refractivity contribution is -0.124. The topological polar surface area (TPSA) is 62.2 Å². The molecule has 0 radical (unpaired) electrons. The Kier molecular flexibility index (Phi) is 4.27. The molecule has 0 saturated carbocycles. The molecule has 2 aromatic carbocycles. The van der Waals surface area contributed by atoms with Gasteiger partial charge in [0, 0.05) is 22.8 Å². The van der Waals surface area contributed by atoms with Gasteiger partial charge in [-0.3, -0.25) is 4.79 Å². The molecule has 0 fully saturated rings. The molecule has 1 unspecified atom stereocenters. The van der Waals surface area contributed by atoms with Crippen molar-refractivity contribution in [2.45, 2.75) is 6.10 Å². The van der Waals surface area contributed by atoms with Crippen molar-refractivity contribution in [1.29, 1.82) is 0 Å². The van der Waals surface area contributed by atoms with E-state index in [0.29, 0.717) is 11.3 Å².